The second-order valence-corrected chi connectivity index (χ2v) is 8.50. The summed E-state index contributed by atoms with van der Waals surface area (Å²) in [5.41, 5.74) is 0. The molecule has 21 heavy (non-hydrogen) atoms. The number of hydrogen-bond donors (Lipinski definition) is 0. The lowest BCUT2D eigenvalue weighted by Crippen LogP contribution is -2.30. The number of nitrogens with zero attached hydrogens (tertiary/aromatic N) is 2. The minimum Gasteiger partial charge on any atom is -0.473 e. The molecular formula is C13H13ClN2O3S2. The summed E-state index contributed by atoms with van der Waals surface area (Å²) >= 11 is 6.88. The molecule has 2 aromatic rings. The SMILES string of the molecule is O=S(=O)(c1ccc(Cl)s1)N1CCC(Oc2ccccn2)C1. The van der Waals surface area contributed by atoms with Crippen LogP contribution >= 0.6 is 22.9 Å². The van der Waals surface area contributed by atoms with Gasteiger partial charge in [0.05, 0.1) is 10.9 Å². The van der Waals surface area contributed by atoms with E-state index < -0.39 is 10.0 Å². The van der Waals surface area contributed by atoms with E-state index in [0.717, 1.165) is 11.3 Å². The van der Waals surface area contributed by atoms with Crippen LogP contribution in [0.15, 0.2) is 40.7 Å². The molecule has 1 atom stereocenters. The van der Waals surface area contributed by atoms with Crippen molar-refractivity contribution in [2.75, 3.05) is 13.1 Å². The molecule has 1 aliphatic rings. The van der Waals surface area contributed by atoms with Crippen molar-refractivity contribution in [3.8, 4) is 5.88 Å². The molecule has 8 heteroatoms. The summed E-state index contributed by atoms with van der Waals surface area (Å²) in [5.74, 6) is 0.515. The third-order valence-electron chi connectivity index (χ3n) is 3.18. The molecule has 1 unspecified atom stereocenters. The fourth-order valence-corrected chi connectivity index (χ4v) is 5.29. The smallest absolute Gasteiger partial charge is 0.252 e. The van der Waals surface area contributed by atoms with Crippen LogP contribution in [0.4, 0.5) is 0 Å². The fourth-order valence-electron chi connectivity index (χ4n) is 2.16. The molecular weight excluding hydrogens is 332 g/mol. The Labute approximate surface area is 132 Å². The molecule has 0 saturated carbocycles. The molecule has 0 aliphatic carbocycles. The van der Waals surface area contributed by atoms with Crippen LogP contribution in [0.1, 0.15) is 6.42 Å². The van der Waals surface area contributed by atoms with E-state index in [9.17, 15) is 8.42 Å². The minimum absolute atomic E-state index is 0.176. The standard InChI is InChI=1S/C13H13ClN2O3S2/c14-11-4-5-13(20-11)21(17,18)16-8-6-10(9-16)19-12-3-1-2-7-15-12/h1-5,7,10H,6,8-9H2. The zero-order valence-corrected chi connectivity index (χ0v) is 13.4. The quantitative estimate of drug-likeness (QED) is 0.855. The summed E-state index contributed by atoms with van der Waals surface area (Å²) in [6.45, 7) is 0.768. The van der Waals surface area contributed by atoms with Crippen LogP contribution in [0.3, 0.4) is 0 Å². The zero-order chi connectivity index (χ0) is 14.9. The third-order valence-corrected chi connectivity index (χ3v) is 6.74. The summed E-state index contributed by atoms with van der Waals surface area (Å²) in [6.07, 6.45) is 2.12. The van der Waals surface area contributed by atoms with E-state index in [2.05, 4.69) is 4.98 Å². The number of pyridine rings is 1. The molecule has 112 valence electrons. The maximum atomic E-state index is 12.5. The van der Waals surface area contributed by atoms with Gasteiger partial charge < -0.3 is 4.74 Å². The third kappa shape index (κ3) is 3.21. The van der Waals surface area contributed by atoms with E-state index in [1.54, 1.807) is 24.4 Å². The molecule has 5 nitrogen and oxygen atoms in total. The number of thiophene rings is 1. The van der Waals surface area contributed by atoms with Crippen molar-refractivity contribution in [3.05, 3.63) is 40.9 Å². The Balaban J connectivity index is 1.69. The molecule has 0 amide bonds. The summed E-state index contributed by atoms with van der Waals surface area (Å²) in [5, 5.41) is 0. The second-order valence-electron chi connectivity index (χ2n) is 4.62. The molecule has 1 aliphatic heterocycles. The van der Waals surface area contributed by atoms with E-state index >= 15 is 0 Å². The summed E-state index contributed by atoms with van der Waals surface area (Å²) < 4.78 is 32.8. The fraction of sp³-hybridized carbons (Fsp3) is 0.308. The van der Waals surface area contributed by atoms with Crippen molar-refractivity contribution in [1.29, 1.82) is 0 Å². The molecule has 0 N–H and O–H groups in total. The highest BCUT2D eigenvalue weighted by Gasteiger charge is 2.34. The average molecular weight is 345 g/mol. The van der Waals surface area contributed by atoms with Crippen LogP contribution in [0.25, 0.3) is 0 Å². The van der Waals surface area contributed by atoms with Crippen LogP contribution in [0.5, 0.6) is 5.88 Å². The lowest BCUT2D eigenvalue weighted by Gasteiger charge is -2.15. The molecule has 0 bridgehead atoms. The molecule has 0 spiro atoms. The van der Waals surface area contributed by atoms with E-state index in [1.165, 1.54) is 10.4 Å². The topological polar surface area (TPSA) is 59.5 Å². The largest absolute Gasteiger partial charge is 0.473 e. The Morgan fingerprint density at radius 3 is 2.86 bits per heavy atom. The lowest BCUT2D eigenvalue weighted by atomic mass is 10.3. The van der Waals surface area contributed by atoms with Gasteiger partial charge in [-0.15, -0.1) is 11.3 Å². The Morgan fingerprint density at radius 2 is 2.19 bits per heavy atom. The minimum atomic E-state index is -3.48. The number of aromatic nitrogens is 1. The van der Waals surface area contributed by atoms with Crippen LogP contribution in [-0.2, 0) is 10.0 Å². The van der Waals surface area contributed by atoms with E-state index in [4.69, 9.17) is 16.3 Å². The highest BCUT2D eigenvalue weighted by atomic mass is 35.5. The molecule has 2 aromatic heterocycles. The molecule has 1 fully saturated rings. The number of ether oxygens (including phenoxy) is 1. The molecule has 1 saturated heterocycles. The van der Waals surface area contributed by atoms with Crippen molar-refractivity contribution in [3.63, 3.8) is 0 Å². The van der Waals surface area contributed by atoms with Gasteiger partial charge in [-0.05, 0) is 24.6 Å². The normalized spacial score (nSPS) is 19.8. The maximum Gasteiger partial charge on any atom is 0.252 e. The monoisotopic (exact) mass is 344 g/mol. The van der Waals surface area contributed by atoms with Gasteiger partial charge in [-0.1, -0.05) is 17.7 Å². The van der Waals surface area contributed by atoms with Crippen molar-refractivity contribution < 1.29 is 13.2 Å². The van der Waals surface area contributed by atoms with Crippen molar-refractivity contribution >= 4 is 33.0 Å². The Kier molecular flexibility index (Phi) is 4.17. The van der Waals surface area contributed by atoms with Crippen molar-refractivity contribution in [2.24, 2.45) is 0 Å². The van der Waals surface area contributed by atoms with Crippen LogP contribution in [0, 0.1) is 0 Å². The van der Waals surface area contributed by atoms with Gasteiger partial charge in [-0.2, -0.15) is 4.31 Å². The molecule has 3 rings (SSSR count). The van der Waals surface area contributed by atoms with Crippen LogP contribution in [0.2, 0.25) is 4.34 Å². The van der Waals surface area contributed by atoms with E-state index in [0.29, 0.717) is 29.7 Å². The highest BCUT2D eigenvalue weighted by Crippen LogP contribution is 2.30. The molecule has 0 aromatic carbocycles. The first-order valence-corrected chi connectivity index (χ1v) is 9.02. The van der Waals surface area contributed by atoms with Gasteiger partial charge in [-0.3, -0.25) is 0 Å². The predicted molar refractivity (Wildman–Crippen MR) is 81.4 cm³/mol. The first kappa shape index (κ1) is 14.8. The molecule has 3 heterocycles. The van der Waals surface area contributed by atoms with E-state index in [-0.39, 0.29) is 10.3 Å². The van der Waals surface area contributed by atoms with Gasteiger partial charge in [0.1, 0.15) is 10.3 Å². The first-order valence-electron chi connectivity index (χ1n) is 6.39. The Bertz CT molecular complexity index is 718. The summed E-state index contributed by atoms with van der Waals surface area (Å²) in [7, 11) is -3.48. The van der Waals surface area contributed by atoms with Gasteiger partial charge in [0.15, 0.2) is 0 Å². The van der Waals surface area contributed by atoms with Gasteiger partial charge in [-0.25, -0.2) is 13.4 Å². The summed E-state index contributed by atoms with van der Waals surface area (Å²) in [6, 6.07) is 8.53. The van der Waals surface area contributed by atoms with Gasteiger partial charge in [0, 0.05) is 18.8 Å². The van der Waals surface area contributed by atoms with E-state index in [1.807, 2.05) is 6.07 Å². The van der Waals surface area contributed by atoms with Crippen molar-refractivity contribution in [2.45, 2.75) is 16.7 Å². The predicted octanol–water partition coefficient (Wildman–Crippen LogP) is 2.64. The Hall–Kier alpha value is -1.15. The number of rotatable bonds is 4. The van der Waals surface area contributed by atoms with Gasteiger partial charge in [0.2, 0.25) is 5.88 Å². The number of hydrogen-bond acceptors (Lipinski definition) is 5. The van der Waals surface area contributed by atoms with Gasteiger partial charge in [0.25, 0.3) is 10.0 Å². The Morgan fingerprint density at radius 1 is 1.33 bits per heavy atom. The molecule has 0 radical (unpaired) electrons. The van der Waals surface area contributed by atoms with Gasteiger partial charge >= 0.3 is 0 Å². The average Bonchev–Trinajstić information content (AvgIpc) is 3.10. The highest BCUT2D eigenvalue weighted by molar-refractivity contribution is 7.91. The number of sulfonamides is 1. The second kappa shape index (κ2) is 5.92. The first-order chi connectivity index (χ1) is 10.1. The zero-order valence-electron chi connectivity index (χ0n) is 11.0. The summed E-state index contributed by atoms with van der Waals surface area (Å²) in [4.78, 5) is 4.09. The maximum absolute atomic E-state index is 12.5. The number of halogens is 1. The lowest BCUT2D eigenvalue weighted by molar-refractivity contribution is 0.207. The van der Waals surface area contributed by atoms with Crippen LogP contribution < -0.4 is 4.74 Å². The van der Waals surface area contributed by atoms with Crippen LogP contribution in [-0.4, -0.2) is 36.9 Å². The van der Waals surface area contributed by atoms with Crippen molar-refractivity contribution in [1.82, 2.24) is 9.29 Å².